The molecule has 2 N–H and O–H groups in total. The summed E-state index contributed by atoms with van der Waals surface area (Å²) in [6, 6.07) is 4.21. The van der Waals surface area contributed by atoms with Gasteiger partial charge in [0.05, 0.1) is 17.2 Å². The highest BCUT2D eigenvalue weighted by atomic mass is 35.5. The van der Waals surface area contributed by atoms with Crippen LogP contribution in [0.15, 0.2) is 12.1 Å². The lowest BCUT2D eigenvalue weighted by Gasteiger charge is -2.23. The van der Waals surface area contributed by atoms with E-state index < -0.39 is 0 Å². The number of halogens is 2. The zero-order valence-corrected chi connectivity index (χ0v) is 20.7. The van der Waals surface area contributed by atoms with E-state index in [2.05, 4.69) is 22.1 Å². The minimum Gasteiger partial charge on any atom is -0.497 e. The van der Waals surface area contributed by atoms with Crippen molar-refractivity contribution in [2.75, 3.05) is 25.5 Å². The fraction of sp³-hybridized carbons (Fsp3) is 0.500. The van der Waals surface area contributed by atoms with Crippen LogP contribution in [-0.2, 0) is 7.05 Å². The molecule has 0 saturated heterocycles. The van der Waals surface area contributed by atoms with E-state index in [9.17, 15) is 0 Å². The minimum atomic E-state index is 0.535. The second kappa shape index (κ2) is 9.86. The SMILES string of the molecule is COc1cc(Cl)c(-c2c(C)n(C)c3c(NCCNC4CCCCC4)nc(C)nc23)c(Cl)c1. The number of rotatable bonds is 7. The summed E-state index contributed by atoms with van der Waals surface area (Å²) in [4.78, 5) is 9.49. The maximum absolute atomic E-state index is 6.64. The molecule has 1 aromatic carbocycles. The maximum atomic E-state index is 6.64. The average molecular weight is 476 g/mol. The molecule has 0 bridgehead atoms. The number of benzene rings is 1. The van der Waals surface area contributed by atoms with Crippen LogP contribution in [0.2, 0.25) is 10.0 Å². The maximum Gasteiger partial charge on any atom is 0.154 e. The summed E-state index contributed by atoms with van der Waals surface area (Å²) in [5.41, 5.74) is 4.50. The summed E-state index contributed by atoms with van der Waals surface area (Å²) in [7, 11) is 3.62. The van der Waals surface area contributed by atoms with Crippen LogP contribution in [0.3, 0.4) is 0 Å². The van der Waals surface area contributed by atoms with Gasteiger partial charge in [-0.25, -0.2) is 9.97 Å². The van der Waals surface area contributed by atoms with Gasteiger partial charge in [-0.3, -0.25) is 0 Å². The third-order valence-corrected chi connectivity index (χ3v) is 6.99. The van der Waals surface area contributed by atoms with Gasteiger partial charge in [0, 0.05) is 43.0 Å². The second-order valence-corrected chi connectivity index (χ2v) is 9.33. The summed E-state index contributed by atoms with van der Waals surface area (Å²) in [6.45, 7) is 5.67. The second-order valence-electron chi connectivity index (χ2n) is 8.52. The number of hydrogen-bond donors (Lipinski definition) is 2. The molecule has 0 amide bonds. The third-order valence-electron chi connectivity index (χ3n) is 6.39. The highest BCUT2D eigenvalue weighted by molar-refractivity contribution is 6.40. The predicted molar refractivity (Wildman–Crippen MR) is 133 cm³/mol. The van der Waals surface area contributed by atoms with Crippen LogP contribution in [0.4, 0.5) is 5.82 Å². The molecule has 0 spiro atoms. The van der Waals surface area contributed by atoms with Gasteiger partial charge in [-0.1, -0.05) is 42.5 Å². The Morgan fingerprint density at radius 1 is 1.03 bits per heavy atom. The Bertz CT molecular complexity index is 1100. The van der Waals surface area contributed by atoms with Crippen molar-refractivity contribution in [1.82, 2.24) is 19.9 Å². The Balaban J connectivity index is 1.67. The summed E-state index contributed by atoms with van der Waals surface area (Å²) in [5.74, 6) is 2.16. The van der Waals surface area contributed by atoms with Crippen molar-refractivity contribution in [3.8, 4) is 16.9 Å². The van der Waals surface area contributed by atoms with E-state index in [0.717, 1.165) is 46.8 Å². The summed E-state index contributed by atoms with van der Waals surface area (Å²) < 4.78 is 7.42. The molecule has 3 aromatic rings. The van der Waals surface area contributed by atoms with Crippen LogP contribution >= 0.6 is 23.2 Å². The zero-order valence-electron chi connectivity index (χ0n) is 19.2. The van der Waals surface area contributed by atoms with Crippen molar-refractivity contribution in [2.45, 2.75) is 52.0 Å². The Hall–Kier alpha value is -2.02. The lowest BCUT2D eigenvalue weighted by atomic mass is 9.95. The smallest absolute Gasteiger partial charge is 0.154 e. The zero-order chi connectivity index (χ0) is 22.8. The molecule has 4 rings (SSSR count). The average Bonchev–Trinajstić information content (AvgIpc) is 3.01. The van der Waals surface area contributed by atoms with Gasteiger partial charge in [-0.05, 0) is 38.8 Å². The first-order chi connectivity index (χ1) is 15.4. The number of fused-ring (bicyclic) bond motifs is 1. The molecular weight excluding hydrogens is 445 g/mol. The van der Waals surface area contributed by atoms with Crippen molar-refractivity contribution in [3.63, 3.8) is 0 Å². The van der Waals surface area contributed by atoms with E-state index in [1.807, 2.05) is 14.0 Å². The predicted octanol–water partition coefficient (Wildman–Crippen LogP) is 5.90. The normalized spacial score (nSPS) is 14.8. The Labute approximate surface area is 199 Å². The van der Waals surface area contributed by atoms with Crippen LogP contribution in [0.5, 0.6) is 5.75 Å². The molecule has 0 unspecified atom stereocenters. The number of nitrogens with zero attached hydrogens (tertiary/aromatic N) is 3. The van der Waals surface area contributed by atoms with Crippen LogP contribution in [-0.4, -0.2) is 40.8 Å². The molecule has 1 fully saturated rings. The monoisotopic (exact) mass is 475 g/mol. The molecule has 32 heavy (non-hydrogen) atoms. The molecule has 0 radical (unpaired) electrons. The summed E-state index contributed by atoms with van der Waals surface area (Å²) in [6.07, 6.45) is 6.59. The Kier molecular flexibility index (Phi) is 7.13. The standard InChI is InChI=1S/C24H31Cl2N5O/c1-14-20(21-18(25)12-17(32-4)13-19(21)26)22-23(31(14)3)24(30-15(2)29-22)28-11-10-27-16-8-6-5-7-9-16/h12-13,16,27H,5-11H2,1-4H3,(H,28,29,30). The van der Waals surface area contributed by atoms with E-state index in [-0.39, 0.29) is 0 Å². The summed E-state index contributed by atoms with van der Waals surface area (Å²) >= 11 is 13.3. The van der Waals surface area contributed by atoms with E-state index >= 15 is 0 Å². The minimum absolute atomic E-state index is 0.535. The van der Waals surface area contributed by atoms with Crippen molar-refractivity contribution < 1.29 is 4.74 Å². The largest absolute Gasteiger partial charge is 0.497 e. The van der Waals surface area contributed by atoms with Crippen molar-refractivity contribution in [3.05, 3.63) is 33.7 Å². The highest BCUT2D eigenvalue weighted by Crippen LogP contribution is 2.44. The van der Waals surface area contributed by atoms with Gasteiger partial charge >= 0.3 is 0 Å². The van der Waals surface area contributed by atoms with E-state index in [0.29, 0.717) is 27.7 Å². The van der Waals surface area contributed by atoms with Crippen molar-refractivity contribution in [2.24, 2.45) is 7.05 Å². The van der Waals surface area contributed by atoms with Gasteiger partial charge in [0.1, 0.15) is 22.6 Å². The van der Waals surface area contributed by atoms with Gasteiger partial charge < -0.3 is 19.9 Å². The lowest BCUT2D eigenvalue weighted by Crippen LogP contribution is -2.34. The molecule has 172 valence electrons. The topological polar surface area (TPSA) is 64.0 Å². The van der Waals surface area contributed by atoms with Crippen LogP contribution in [0, 0.1) is 13.8 Å². The lowest BCUT2D eigenvalue weighted by molar-refractivity contribution is 0.378. The fourth-order valence-electron chi connectivity index (χ4n) is 4.66. The number of hydrogen-bond acceptors (Lipinski definition) is 5. The number of aryl methyl sites for hydroxylation is 2. The number of anilines is 1. The third kappa shape index (κ3) is 4.54. The van der Waals surface area contributed by atoms with Crippen molar-refractivity contribution in [1.29, 1.82) is 0 Å². The fourth-order valence-corrected chi connectivity index (χ4v) is 5.31. The van der Waals surface area contributed by atoms with Gasteiger partial charge in [0.15, 0.2) is 5.82 Å². The van der Waals surface area contributed by atoms with Crippen LogP contribution in [0.1, 0.15) is 43.6 Å². The van der Waals surface area contributed by atoms with E-state index in [1.54, 1.807) is 19.2 Å². The Morgan fingerprint density at radius 3 is 2.38 bits per heavy atom. The van der Waals surface area contributed by atoms with E-state index in [1.165, 1.54) is 32.1 Å². The van der Waals surface area contributed by atoms with Crippen LogP contribution in [0.25, 0.3) is 22.2 Å². The van der Waals surface area contributed by atoms with Gasteiger partial charge in [0.25, 0.3) is 0 Å². The number of nitrogens with one attached hydrogen (secondary N) is 2. The summed E-state index contributed by atoms with van der Waals surface area (Å²) in [5, 5.41) is 8.28. The van der Waals surface area contributed by atoms with Crippen molar-refractivity contribution >= 4 is 40.1 Å². The van der Waals surface area contributed by atoms with Gasteiger partial charge in [-0.15, -0.1) is 0 Å². The first-order valence-corrected chi connectivity index (χ1v) is 12.0. The molecule has 1 aliphatic carbocycles. The van der Waals surface area contributed by atoms with Crippen LogP contribution < -0.4 is 15.4 Å². The first kappa shape index (κ1) is 23.1. The van der Waals surface area contributed by atoms with E-state index in [4.69, 9.17) is 37.9 Å². The number of methoxy groups -OCH3 is 1. The number of aromatic nitrogens is 3. The molecule has 1 saturated carbocycles. The Morgan fingerprint density at radius 2 is 1.72 bits per heavy atom. The molecule has 2 heterocycles. The molecule has 6 nitrogen and oxygen atoms in total. The molecule has 1 aliphatic rings. The molecule has 2 aromatic heterocycles. The first-order valence-electron chi connectivity index (χ1n) is 11.2. The van der Waals surface area contributed by atoms with Gasteiger partial charge in [0.2, 0.25) is 0 Å². The molecular formula is C24H31Cl2N5O. The molecule has 0 aliphatic heterocycles. The number of ether oxygens (including phenoxy) is 1. The quantitative estimate of drug-likeness (QED) is 0.416. The van der Waals surface area contributed by atoms with Gasteiger partial charge in [-0.2, -0.15) is 0 Å². The molecule has 0 atom stereocenters. The molecule has 8 heteroatoms. The highest BCUT2D eigenvalue weighted by Gasteiger charge is 2.23.